The van der Waals surface area contributed by atoms with Crippen LogP contribution in [0.5, 0.6) is 0 Å². The third-order valence-electron chi connectivity index (χ3n) is 4.84. The van der Waals surface area contributed by atoms with Gasteiger partial charge in [-0.1, -0.05) is 0 Å². The molecular formula is C18H25N5O2. The second-order valence-electron chi connectivity index (χ2n) is 6.97. The first-order chi connectivity index (χ1) is 11.9. The van der Waals surface area contributed by atoms with E-state index in [1.807, 2.05) is 24.6 Å². The van der Waals surface area contributed by atoms with Crippen molar-refractivity contribution in [3.63, 3.8) is 0 Å². The van der Waals surface area contributed by atoms with E-state index >= 15 is 0 Å². The number of aryl methyl sites for hydroxylation is 3. The van der Waals surface area contributed by atoms with Crippen LogP contribution in [0.1, 0.15) is 49.2 Å². The number of hydrogen-bond acceptors (Lipinski definition) is 4. The van der Waals surface area contributed by atoms with Crippen LogP contribution in [-0.4, -0.2) is 25.2 Å². The molecule has 0 radical (unpaired) electrons. The Hall–Kier alpha value is -2.44. The number of nitrogens with one attached hydrogen (secondary N) is 1. The molecule has 0 aliphatic heterocycles. The molecule has 7 heteroatoms. The fourth-order valence-electron chi connectivity index (χ4n) is 3.15. The molecule has 0 aromatic carbocycles. The van der Waals surface area contributed by atoms with Crippen LogP contribution in [0.3, 0.4) is 0 Å². The fraction of sp³-hybridized carbons (Fsp3) is 0.556. The van der Waals surface area contributed by atoms with Gasteiger partial charge in [-0.25, -0.2) is 9.48 Å². The van der Waals surface area contributed by atoms with E-state index in [0.29, 0.717) is 18.2 Å². The molecule has 1 amide bonds. The first-order valence-corrected chi connectivity index (χ1v) is 8.76. The number of rotatable bonds is 6. The first-order valence-electron chi connectivity index (χ1n) is 8.76. The van der Waals surface area contributed by atoms with Crippen molar-refractivity contribution >= 4 is 11.7 Å². The van der Waals surface area contributed by atoms with Crippen molar-refractivity contribution in [3.05, 3.63) is 39.7 Å². The van der Waals surface area contributed by atoms with Gasteiger partial charge in [0.05, 0.1) is 12.2 Å². The molecule has 3 rings (SSSR count). The fourth-order valence-corrected chi connectivity index (χ4v) is 3.15. The molecule has 7 nitrogen and oxygen atoms in total. The van der Waals surface area contributed by atoms with Crippen LogP contribution in [0.2, 0.25) is 0 Å². The first kappa shape index (κ1) is 17.4. The number of carbonyl (C=O) groups is 1. The molecule has 2 aromatic heterocycles. The van der Waals surface area contributed by atoms with Crippen LogP contribution in [-0.2, 0) is 11.3 Å². The molecule has 25 heavy (non-hydrogen) atoms. The molecule has 0 bridgehead atoms. The SMILES string of the molecule is Cc1cc(C)n(CCC(=O)Nc2c(C)cnn2[C@@H](C)C2CC2)c(=O)n1. The summed E-state index contributed by atoms with van der Waals surface area (Å²) in [6.45, 7) is 8.04. The Labute approximate surface area is 147 Å². The predicted molar refractivity (Wildman–Crippen MR) is 95.6 cm³/mol. The zero-order valence-electron chi connectivity index (χ0n) is 15.2. The molecule has 2 heterocycles. The summed E-state index contributed by atoms with van der Waals surface area (Å²) < 4.78 is 3.44. The number of amides is 1. The second kappa shape index (κ2) is 6.82. The van der Waals surface area contributed by atoms with E-state index in [-0.39, 0.29) is 24.1 Å². The van der Waals surface area contributed by atoms with Gasteiger partial charge in [0.25, 0.3) is 0 Å². The third kappa shape index (κ3) is 3.81. The van der Waals surface area contributed by atoms with Gasteiger partial charge in [-0.15, -0.1) is 0 Å². The Morgan fingerprint density at radius 2 is 2.08 bits per heavy atom. The van der Waals surface area contributed by atoms with E-state index in [1.165, 1.54) is 17.4 Å². The monoisotopic (exact) mass is 343 g/mol. The van der Waals surface area contributed by atoms with Gasteiger partial charge < -0.3 is 5.32 Å². The number of carbonyl (C=O) groups excluding carboxylic acids is 1. The summed E-state index contributed by atoms with van der Waals surface area (Å²) in [6, 6.07) is 2.13. The van der Waals surface area contributed by atoms with Crippen molar-refractivity contribution in [3.8, 4) is 0 Å². The van der Waals surface area contributed by atoms with Crippen molar-refractivity contribution in [2.75, 3.05) is 5.32 Å². The average Bonchev–Trinajstić information content (AvgIpc) is 3.32. The molecule has 134 valence electrons. The van der Waals surface area contributed by atoms with Gasteiger partial charge in [0.1, 0.15) is 5.82 Å². The van der Waals surface area contributed by atoms with Crippen molar-refractivity contribution in [2.45, 2.75) is 59.5 Å². The van der Waals surface area contributed by atoms with Crippen LogP contribution >= 0.6 is 0 Å². The van der Waals surface area contributed by atoms with Crippen molar-refractivity contribution in [1.82, 2.24) is 19.3 Å². The Morgan fingerprint density at radius 3 is 2.72 bits per heavy atom. The normalized spacial score (nSPS) is 15.2. The molecule has 1 N–H and O–H groups in total. The Bertz CT molecular complexity index is 848. The lowest BCUT2D eigenvalue weighted by molar-refractivity contribution is -0.116. The highest BCUT2D eigenvalue weighted by Gasteiger charge is 2.31. The molecule has 0 saturated heterocycles. The Balaban J connectivity index is 1.68. The number of hydrogen-bond donors (Lipinski definition) is 1. The lowest BCUT2D eigenvalue weighted by atomic mass is 10.2. The van der Waals surface area contributed by atoms with Crippen molar-refractivity contribution in [2.24, 2.45) is 5.92 Å². The number of anilines is 1. The summed E-state index contributed by atoms with van der Waals surface area (Å²) >= 11 is 0. The van der Waals surface area contributed by atoms with E-state index in [1.54, 1.807) is 13.1 Å². The summed E-state index contributed by atoms with van der Waals surface area (Å²) in [7, 11) is 0. The van der Waals surface area contributed by atoms with Crippen LogP contribution in [0.4, 0.5) is 5.82 Å². The van der Waals surface area contributed by atoms with E-state index in [4.69, 9.17) is 0 Å². The second-order valence-corrected chi connectivity index (χ2v) is 6.97. The molecule has 1 aliphatic rings. The summed E-state index contributed by atoms with van der Waals surface area (Å²) in [5.74, 6) is 1.28. The van der Waals surface area contributed by atoms with Gasteiger partial charge >= 0.3 is 5.69 Å². The van der Waals surface area contributed by atoms with Gasteiger partial charge in [-0.2, -0.15) is 10.1 Å². The summed E-state index contributed by atoms with van der Waals surface area (Å²) in [5, 5.41) is 7.39. The van der Waals surface area contributed by atoms with Crippen molar-refractivity contribution in [1.29, 1.82) is 0 Å². The van der Waals surface area contributed by atoms with Gasteiger partial charge in [-0.3, -0.25) is 9.36 Å². The minimum Gasteiger partial charge on any atom is -0.311 e. The lowest BCUT2D eigenvalue weighted by Gasteiger charge is -2.16. The Kier molecular flexibility index (Phi) is 4.74. The van der Waals surface area contributed by atoms with Crippen LogP contribution in [0.15, 0.2) is 17.1 Å². The lowest BCUT2D eigenvalue weighted by Crippen LogP contribution is -2.28. The van der Waals surface area contributed by atoms with Crippen molar-refractivity contribution < 1.29 is 4.79 Å². The summed E-state index contributed by atoms with van der Waals surface area (Å²) in [5.41, 5.74) is 2.14. The maximum absolute atomic E-state index is 12.4. The number of nitrogens with zero attached hydrogens (tertiary/aromatic N) is 4. The van der Waals surface area contributed by atoms with Gasteiger partial charge in [-0.05, 0) is 52.5 Å². The van der Waals surface area contributed by atoms with E-state index in [0.717, 1.165) is 17.1 Å². The standard InChI is InChI=1S/C18H25N5O2/c1-11-10-19-23(14(4)15-5-6-15)17(11)21-16(24)7-8-22-13(3)9-12(2)20-18(22)25/h9-10,14-15H,5-8H2,1-4H3,(H,21,24)/t14-/m0/s1. The molecular weight excluding hydrogens is 318 g/mol. The minimum absolute atomic E-state index is 0.125. The van der Waals surface area contributed by atoms with E-state index in [9.17, 15) is 9.59 Å². The largest absolute Gasteiger partial charge is 0.347 e. The molecule has 1 fully saturated rings. The van der Waals surface area contributed by atoms with Crippen LogP contribution < -0.4 is 11.0 Å². The maximum atomic E-state index is 12.4. The number of aromatic nitrogens is 4. The highest BCUT2D eigenvalue weighted by Crippen LogP contribution is 2.40. The van der Waals surface area contributed by atoms with Gasteiger partial charge in [0, 0.05) is 29.9 Å². The summed E-state index contributed by atoms with van der Waals surface area (Å²) in [6.07, 6.45) is 4.44. The minimum atomic E-state index is -0.311. The maximum Gasteiger partial charge on any atom is 0.347 e. The van der Waals surface area contributed by atoms with Gasteiger partial charge in [0.2, 0.25) is 5.91 Å². The zero-order valence-corrected chi connectivity index (χ0v) is 15.2. The Morgan fingerprint density at radius 1 is 1.36 bits per heavy atom. The van der Waals surface area contributed by atoms with E-state index < -0.39 is 0 Å². The zero-order chi connectivity index (χ0) is 18.1. The van der Waals surface area contributed by atoms with Gasteiger partial charge in [0.15, 0.2) is 0 Å². The van der Waals surface area contributed by atoms with Crippen LogP contribution in [0, 0.1) is 26.7 Å². The molecule has 1 saturated carbocycles. The highest BCUT2D eigenvalue weighted by molar-refractivity contribution is 5.90. The summed E-state index contributed by atoms with van der Waals surface area (Å²) in [4.78, 5) is 28.3. The smallest absolute Gasteiger partial charge is 0.311 e. The molecule has 1 atom stereocenters. The van der Waals surface area contributed by atoms with Crippen LogP contribution in [0.25, 0.3) is 0 Å². The highest BCUT2D eigenvalue weighted by atomic mass is 16.2. The third-order valence-corrected chi connectivity index (χ3v) is 4.84. The molecule has 0 spiro atoms. The average molecular weight is 343 g/mol. The topological polar surface area (TPSA) is 81.8 Å². The molecule has 0 unspecified atom stereocenters. The quantitative estimate of drug-likeness (QED) is 0.873. The van der Waals surface area contributed by atoms with E-state index in [2.05, 4.69) is 22.3 Å². The predicted octanol–water partition coefficient (Wildman–Crippen LogP) is 2.36. The molecule has 1 aliphatic carbocycles. The molecule has 2 aromatic rings.